The number of halogens is 1. The number of rotatable bonds is 5. The van der Waals surface area contributed by atoms with Crippen LogP contribution >= 0.6 is 0 Å². The van der Waals surface area contributed by atoms with E-state index >= 15 is 0 Å². The number of carbonyl (C=O) groups excluding carboxylic acids is 1. The fraction of sp³-hybridized carbons (Fsp3) is 0.136. The molecule has 140 valence electrons. The number of carbonyl (C=O) groups is 1. The third-order valence-corrected chi connectivity index (χ3v) is 4.68. The van der Waals surface area contributed by atoms with Crippen molar-refractivity contribution in [1.29, 1.82) is 0 Å². The second-order valence-corrected chi connectivity index (χ2v) is 6.61. The number of nitrogens with one attached hydrogen (secondary N) is 1. The van der Waals surface area contributed by atoms with Crippen molar-refractivity contribution in [3.8, 4) is 11.3 Å². The van der Waals surface area contributed by atoms with Crippen molar-refractivity contribution < 1.29 is 9.18 Å². The fourth-order valence-electron chi connectivity index (χ4n) is 3.27. The van der Waals surface area contributed by atoms with Gasteiger partial charge in [0.25, 0.3) is 0 Å². The van der Waals surface area contributed by atoms with Crippen molar-refractivity contribution in [3.05, 3.63) is 84.6 Å². The molecule has 0 aliphatic heterocycles. The summed E-state index contributed by atoms with van der Waals surface area (Å²) < 4.78 is 15.2. The van der Waals surface area contributed by atoms with Crippen LogP contribution in [-0.4, -0.2) is 20.4 Å². The summed E-state index contributed by atoms with van der Waals surface area (Å²) in [5.74, 6) is -0.427. The first-order valence-electron chi connectivity index (χ1n) is 9.01. The van der Waals surface area contributed by atoms with Gasteiger partial charge in [-0.05, 0) is 72.6 Å². The topological polar surface area (TPSA) is 59.8 Å². The Bertz CT molecular complexity index is 1110. The standard InChI is InChI=1S/C22H19FN4O/c1-15(16-8-11-24-12-9-16)26-21(28)14-27-20(17-4-6-19(23)7-5-17)13-18-3-2-10-25-22(18)27/h2-13,15H,14H2,1H3,(H,26,28). The predicted molar refractivity (Wildman–Crippen MR) is 106 cm³/mol. The van der Waals surface area contributed by atoms with E-state index < -0.39 is 0 Å². The van der Waals surface area contributed by atoms with Crippen LogP contribution in [0.1, 0.15) is 18.5 Å². The Balaban J connectivity index is 1.64. The van der Waals surface area contributed by atoms with Gasteiger partial charge in [0, 0.05) is 24.0 Å². The molecule has 3 aromatic heterocycles. The number of nitrogens with zero attached hydrogens (tertiary/aromatic N) is 3. The predicted octanol–water partition coefficient (Wildman–Crippen LogP) is 4.11. The van der Waals surface area contributed by atoms with Gasteiger partial charge in [0.1, 0.15) is 18.0 Å². The van der Waals surface area contributed by atoms with Crippen LogP contribution in [-0.2, 0) is 11.3 Å². The first-order valence-corrected chi connectivity index (χ1v) is 9.01. The van der Waals surface area contributed by atoms with E-state index in [-0.39, 0.29) is 24.3 Å². The highest BCUT2D eigenvalue weighted by atomic mass is 19.1. The van der Waals surface area contributed by atoms with Crippen molar-refractivity contribution in [1.82, 2.24) is 19.9 Å². The van der Waals surface area contributed by atoms with E-state index in [0.29, 0.717) is 5.65 Å². The molecule has 0 spiro atoms. The van der Waals surface area contributed by atoms with Crippen LogP contribution in [0.2, 0.25) is 0 Å². The average Bonchev–Trinajstić information content (AvgIpc) is 3.07. The largest absolute Gasteiger partial charge is 0.348 e. The molecule has 0 aliphatic carbocycles. The van der Waals surface area contributed by atoms with E-state index in [9.17, 15) is 9.18 Å². The van der Waals surface area contributed by atoms with Gasteiger partial charge >= 0.3 is 0 Å². The molecule has 1 aromatic carbocycles. The van der Waals surface area contributed by atoms with Crippen molar-refractivity contribution in [2.45, 2.75) is 19.5 Å². The van der Waals surface area contributed by atoms with Crippen molar-refractivity contribution in [2.24, 2.45) is 0 Å². The maximum Gasteiger partial charge on any atom is 0.240 e. The summed E-state index contributed by atoms with van der Waals surface area (Å²) in [5.41, 5.74) is 3.35. The van der Waals surface area contributed by atoms with Gasteiger partial charge in [0.2, 0.25) is 5.91 Å². The highest BCUT2D eigenvalue weighted by Crippen LogP contribution is 2.27. The van der Waals surface area contributed by atoms with E-state index in [1.807, 2.05) is 41.8 Å². The molecule has 1 N–H and O–H groups in total. The van der Waals surface area contributed by atoms with Gasteiger partial charge < -0.3 is 9.88 Å². The van der Waals surface area contributed by atoms with Crippen molar-refractivity contribution >= 4 is 16.9 Å². The second-order valence-electron chi connectivity index (χ2n) is 6.61. The van der Waals surface area contributed by atoms with E-state index in [0.717, 1.165) is 22.2 Å². The van der Waals surface area contributed by atoms with Crippen LogP contribution in [0.25, 0.3) is 22.3 Å². The number of pyridine rings is 2. The Hall–Kier alpha value is -3.54. The maximum atomic E-state index is 13.3. The molecule has 1 unspecified atom stereocenters. The van der Waals surface area contributed by atoms with E-state index in [1.54, 1.807) is 30.7 Å². The summed E-state index contributed by atoms with van der Waals surface area (Å²) >= 11 is 0. The summed E-state index contributed by atoms with van der Waals surface area (Å²) in [6, 6.07) is 15.6. The molecular formula is C22H19FN4O. The van der Waals surface area contributed by atoms with Gasteiger partial charge in [-0.1, -0.05) is 0 Å². The van der Waals surface area contributed by atoms with Gasteiger partial charge in [0.05, 0.1) is 11.7 Å². The molecule has 5 nitrogen and oxygen atoms in total. The van der Waals surface area contributed by atoms with Gasteiger partial charge in [-0.2, -0.15) is 0 Å². The lowest BCUT2D eigenvalue weighted by Crippen LogP contribution is -2.30. The minimum absolute atomic E-state index is 0.114. The molecule has 28 heavy (non-hydrogen) atoms. The molecule has 0 fully saturated rings. The molecule has 0 radical (unpaired) electrons. The first-order chi connectivity index (χ1) is 13.6. The Labute approximate surface area is 161 Å². The lowest BCUT2D eigenvalue weighted by atomic mass is 10.1. The van der Waals surface area contributed by atoms with Crippen molar-refractivity contribution in [2.75, 3.05) is 0 Å². The average molecular weight is 374 g/mol. The summed E-state index contributed by atoms with van der Waals surface area (Å²) in [7, 11) is 0. The van der Waals surface area contributed by atoms with E-state index in [4.69, 9.17) is 0 Å². The van der Waals surface area contributed by atoms with Crippen LogP contribution in [0, 0.1) is 5.82 Å². The zero-order valence-electron chi connectivity index (χ0n) is 15.3. The number of hydrogen-bond donors (Lipinski definition) is 1. The van der Waals surface area contributed by atoms with Crippen LogP contribution in [0.5, 0.6) is 0 Å². The highest BCUT2D eigenvalue weighted by molar-refractivity contribution is 5.87. The number of hydrogen-bond acceptors (Lipinski definition) is 3. The SMILES string of the molecule is CC(NC(=O)Cn1c(-c2ccc(F)cc2)cc2cccnc21)c1ccncc1. The Morgan fingerprint density at radius 1 is 1.11 bits per heavy atom. The Kier molecular flexibility index (Phi) is 4.85. The number of fused-ring (bicyclic) bond motifs is 1. The number of benzene rings is 1. The zero-order valence-corrected chi connectivity index (χ0v) is 15.3. The second kappa shape index (κ2) is 7.60. The zero-order chi connectivity index (χ0) is 19.5. The Morgan fingerprint density at radius 3 is 2.61 bits per heavy atom. The summed E-state index contributed by atoms with van der Waals surface area (Å²) in [6.07, 6.45) is 5.10. The molecule has 6 heteroatoms. The summed E-state index contributed by atoms with van der Waals surface area (Å²) in [5, 5.41) is 3.94. The van der Waals surface area contributed by atoms with Crippen molar-refractivity contribution in [3.63, 3.8) is 0 Å². The van der Waals surface area contributed by atoms with Crippen LogP contribution in [0.3, 0.4) is 0 Å². The molecule has 0 aliphatic rings. The quantitative estimate of drug-likeness (QED) is 0.572. The fourth-order valence-corrected chi connectivity index (χ4v) is 3.27. The molecular weight excluding hydrogens is 355 g/mol. The van der Waals surface area contributed by atoms with Crippen LogP contribution in [0.4, 0.5) is 4.39 Å². The van der Waals surface area contributed by atoms with Crippen LogP contribution in [0.15, 0.2) is 73.2 Å². The van der Waals surface area contributed by atoms with E-state index in [1.165, 1.54) is 12.1 Å². The van der Waals surface area contributed by atoms with E-state index in [2.05, 4.69) is 15.3 Å². The van der Waals surface area contributed by atoms with Gasteiger partial charge in [-0.25, -0.2) is 9.37 Å². The minimum atomic E-state index is -0.298. The minimum Gasteiger partial charge on any atom is -0.348 e. The lowest BCUT2D eigenvalue weighted by molar-refractivity contribution is -0.122. The third-order valence-electron chi connectivity index (χ3n) is 4.68. The maximum absolute atomic E-state index is 13.3. The molecule has 1 amide bonds. The van der Waals surface area contributed by atoms with Gasteiger partial charge in [-0.15, -0.1) is 0 Å². The first kappa shape index (κ1) is 17.9. The molecule has 0 saturated heterocycles. The monoisotopic (exact) mass is 374 g/mol. The number of aromatic nitrogens is 3. The molecule has 4 aromatic rings. The van der Waals surface area contributed by atoms with Gasteiger partial charge in [-0.3, -0.25) is 9.78 Å². The highest BCUT2D eigenvalue weighted by Gasteiger charge is 2.16. The Morgan fingerprint density at radius 2 is 1.86 bits per heavy atom. The third kappa shape index (κ3) is 3.62. The number of amides is 1. The smallest absolute Gasteiger partial charge is 0.240 e. The normalized spacial score (nSPS) is 12.1. The van der Waals surface area contributed by atoms with Crippen LogP contribution < -0.4 is 5.32 Å². The molecule has 1 atom stereocenters. The molecule has 3 heterocycles. The lowest BCUT2D eigenvalue weighted by Gasteiger charge is -2.16. The molecule has 4 rings (SSSR count). The molecule has 0 bridgehead atoms. The van der Waals surface area contributed by atoms with Gasteiger partial charge in [0.15, 0.2) is 0 Å². The molecule has 0 saturated carbocycles. The summed E-state index contributed by atoms with van der Waals surface area (Å²) in [6.45, 7) is 2.04. The summed E-state index contributed by atoms with van der Waals surface area (Å²) in [4.78, 5) is 21.2.